The molecule has 2 N–H and O–H groups in total. The summed E-state index contributed by atoms with van der Waals surface area (Å²) < 4.78 is 7.79. The predicted molar refractivity (Wildman–Crippen MR) is 83.4 cm³/mol. The summed E-state index contributed by atoms with van der Waals surface area (Å²) in [6.07, 6.45) is 0. The van der Waals surface area contributed by atoms with Gasteiger partial charge in [-0.15, -0.1) is 0 Å². The highest BCUT2D eigenvalue weighted by molar-refractivity contribution is 9.11. The van der Waals surface area contributed by atoms with E-state index in [0.29, 0.717) is 6.61 Å². The van der Waals surface area contributed by atoms with Gasteiger partial charge in [-0.05, 0) is 29.8 Å². The maximum Gasteiger partial charge on any atom is 0.122 e. The zero-order chi connectivity index (χ0) is 13.4. The average Bonchev–Trinajstić information content (AvgIpc) is 2.84. The van der Waals surface area contributed by atoms with E-state index in [1.54, 1.807) is 0 Å². The minimum atomic E-state index is -0.0875. The van der Waals surface area contributed by atoms with Gasteiger partial charge in [0.2, 0.25) is 0 Å². The monoisotopic (exact) mass is 381 g/mol. The lowest BCUT2D eigenvalue weighted by Gasteiger charge is -2.20. The van der Waals surface area contributed by atoms with Crippen LogP contribution in [-0.2, 0) is 0 Å². The van der Waals surface area contributed by atoms with Gasteiger partial charge in [0.1, 0.15) is 5.75 Å². The van der Waals surface area contributed by atoms with Crippen LogP contribution in [0, 0.1) is 0 Å². The fourth-order valence-corrected chi connectivity index (χ4v) is 3.36. The summed E-state index contributed by atoms with van der Waals surface area (Å²) in [6.45, 7) is 0.638. The second kappa shape index (κ2) is 5.27. The summed E-state index contributed by atoms with van der Waals surface area (Å²) in [5.41, 5.74) is 8.75. The Kier molecular flexibility index (Phi) is 3.65. The largest absolute Gasteiger partial charge is 0.493 e. The molecule has 2 nitrogen and oxygen atoms in total. The lowest BCUT2D eigenvalue weighted by Crippen LogP contribution is -2.21. The first-order valence-corrected chi connectivity index (χ1v) is 7.67. The van der Waals surface area contributed by atoms with Gasteiger partial charge >= 0.3 is 0 Å². The number of hydrogen-bond donors (Lipinski definition) is 1. The standard InChI is InChI=1S/C15H13Br2NO/c16-9-5-6-13(17)11(7-9)15(18)12-8-19-14-4-2-1-3-10(12)14/h1-7,12,15H,8,18H2. The van der Waals surface area contributed by atoms with Gasteiger partial charge in [0.25, 0.3) is 0 Å². The quantitative estimate of drug-likeness (QED) is 0.835. The van der Waals surface area contributed by atoms with Crippen LogP contribution >= 0.6 is 31.9 Å². The Bertz CT molecular complexity index is 615. The van der Waals surface area contributed by atoms with Crippen molar-refractivity contribution < 1.29 is 4.74 Å². The molecule has 0 radical (unpaired) electrons. The molecule has 2 aromatic rings. The molecule has 3 rings (SSSR count). The number of fused-ring (bicyclic) bond motifs is 1. The highest BCUT2D eigenvalue weighted by atomic mass is 79.9. The van der Waals surface area contributed by atoms with E-state index in [4.69, 9.17) is 10.5 Å². The van der Waals surface area contributed by atoms with E-state index in [0.717, 1.165) is 20.3 Å². The summed E-state index contributed by atoms with van der Waals surface area (Å²) in [6, 6.07) is 14.1. The minimum absolute atomic E-state index is 0.0875. The Labute approximate surface area is 129 Å². The molecule has 1 heterocycles. The molecule has 0 fully saturated rings. The van der Waals surface area contributed by atoms with E-state index in [1.807, 2.05) is 30.3 Å². The third-order valence-electron chi connectivity index (χ3n) is 3.49. The first kappa shape index (κ1) is 13.2. The lowest BCUT2D eigenvalue weighted by atomic mass is 9.89. The second-order valence-corrected chi connectivity index (χ2v) is 6.42. The maximum absolute atomic E-state index is 6.45. The molecule has 4 heteroatoms. The van der Waals surface area contributed by atoms with E-state index < -0.39 is 0 Å². The van der Waals surface area contributed by atoms with Gasteiger partial charge in [-0.25, -0.2) is 0 Å². The van der Waals surface area contributed by atoms with Gasteiger partial charge in [-0.1, -0.05) is 50.1 Å². The molecule has 2 aromatic carbocycles. The number of rotatable bonds is 2. The third-order valence-corrected chi connectivity index (χ3v) is 4.70. The molecule has 0 aliphatic carbocycles. The van der Waals surface area contributed by atoms with Crippen LogP contribution in [0.3, 0.4) is 0 Å². The molecule has 98 valence electrons. The molecule has 0 bridgehead atoms. The van der Waals surface area contributed by atoms with Crippen LogP contribution in [0.5, 0.6) is 5.75 Å². The van der Waals surface area contributed by atoms with Crippen molar-refractivity contribution in [2.75, 3.05) is 6.61 Å². The molecule has 0 spiro atoms. The van der Waals surface area contributed by atoms with Crippen molar-refractivity contribution in [3.8, 4) is 5.75 Å². The van der Waals surface area contributed by atoms with Crippen LogP contribution in [0.4, 0.5) is 0 Å². The number of benzene rings is 2. The van der Waals surface area contributed by atoms with Gasteiger partial charge in [0.05, 0.1) is 6.61 Å². The van der Waals surface area contributed by atoms with Crippen LogP contribution in [0.1, 0.15) is 23.1 Å². The SMILES string of the molecule is NC(c1cc(Br)ccc1Br)C1COc2ccccc21. The molecular formula is C15H13Br2NO. The smallest absolute Gasteiger partial charge is 0.122 e. The summed E-state index contributed by atoms with van der Waals surface area (Å²) in [4.78, 5) is 0. The van der Waals surface area contributed by atoms with E-state index in [-0.39, 0.29) is 12.0 Å². The molecule has 0 amide bonds. The van der Waals surface area contributed by atoms with Crippen molar-refractivity contribution in [1.29, 1.82) is 0 Å². The van der Waals surface area contributed by atoms with Crippen LogP contribution < -0.4 is 10.5 Å². The van der Waals surface area contributed by atoms with Crippen LogP contribution in [0.2, 0.25) is 0 Å². The number of halogens is 2. The molecule has 1 aliphatic heterocycles. The molecule has 2 unspecified atom stereocenters. The Morgan fingerprint density at radius 3 is 2.79 bits per heavy atom. The second-order valence-electron chi connectivity index (χ2n) is 4.65. The number of nitrogens with two attached hydrogens (primary N) is 1. The van der Waals surface area contributed by atoms with Gasteiger partial charge < -0.3 is 10.5 Å². The molecule has 1 aliphatic rings. The fourth-order valence-electron chi connectivity index (χ4n) is 2.47. The average molecular weight is 383 g/mol. The number of hydrogen-bond acceptors (Lipinski definition) is 2. The third kappa shape index (κ3) is 2.45. The van der Waals surface area contributed by atoms with Crippen molar-refractivity contribution in [2.24, 2.45) is 5.73 Å². The van der Waals surface area contributed by atoms with Crippen molar-refractivity contribution in [3.63, 3.8) is 0 Å². The topological polar surface area (TPSA) is 35.2 Å². The van der Waals surface area contributed by atoms with E-state index in [2.05, 4.69) is 44.0 Å². The Balaban J connectivity index is 1.97. The van der Waals surface area contributed by atoms with Gasteiger partial charge in [-0.2, -0.15) is 0 Å². The van der Waals surface area contributed by atoms with Crippen molar-refractivity contribution in [2.45, 2.75) is 12.0 Å². The Morgan fingerprint density at radius 1 is 1.16 bits per heavy atom. The Morgan fingerprint density at radius 2 is 1.95 bits per heavy atom. The maximum atomic E-state index is 6.45. The fraction of sp³-hybridized carbons (Fsp3) is 0.200. The summed E-state index contributed by atoms with van der Waals surface area (Å²) in [5.74, 6) is 1.15. The molecule has 0 saturated heterocycles. The van der Waals surface area contributed by atoms with Crippen molar-refractivity contribution in [1.82, 2.24) is 0 Å². The van der Waals surface area contributed by atoms with Crippen molar-refractivity contribution in [3.05, 3.63) is 62.5 Å². The molecule has 2 atom stereocenters. The first-order chi connectivity index (χ1) is 9.16. The number of ether oxygens (including phenoxy) is 1. The van der Waals surface area contributed by atoms with E-state index in [9.17, 15) is 0 Å². The molecular weight excluding hydrogens is 370 g/mol. The zero-order valence-electron chi connectivity index (χ0n) is 10.1. The summed E-state index contributed by atoms with van der Waals surface area (Å²) in [5, 5.41) is 0. The number of para-hydroxylation sites is 1. The van der Waals surface area contributed by atoms with Crippen molar-refractivity contribution >= 4 is 31.9 Å². The highest BCUT2D eigenvalue weighted by Gasteiger charge is 2.30. The minimum Gasteiger partial charge on any atom is -0.493 e. The Hall–Kier alpha value is -0.840. The summed E-state index contributed by atoms with van der Waals surface area (Å²) in [7, 11) is 0. The zero-order valence-corrected chi connectivity index (χ0v) is 13.3. The van der Waals surface area contributed by atoms with E-state index >= 15 is 0 Å². The van der Waals surface area contributed by atoms with Gasteiger partial charge in [0, 0.05) is 26.5 Å². The highest BCUT2D eigenvalue weighted by Crippen LogP contribution is 2.41. The normalized spacial score (nSPS) is 18.8. The van der Waals surface area contributed by atoms with Crippen LogP contribution in [0.25, 0.3) is 0 Å². The molecule has 0 aromatic heterocycles. The predicted octanol–water partition coefficient (Wildman–Crippen LogP) is 4.39. The summed E-state index contributed by atoms with van der Waals surface area (Å²) >= 11 is 7.07. The van der Waals surface area contributed by atoms with Crippen LogP contribution in [-0.4, -0.2) is 6.61 Å². The van der Waals surface area contributed by atoms with Gasteiger partial charge in [0.15, 0.2) is 0 Å². The first-order valence-electron chi connectivity index (χ1n) is 6.09. The lowest BCUT2D eigenvalue weighted by molar-refractivity contribution is 0.315. The molecule has 19 heavy (non-hydrogen) atoms. The van der Waals surface area contributed by atoms with Gasteiger partial charge in [-0.3, -0.25) is 0 Å². The molecule has 0 saturated carbocycles. The van der Waals surface area contributed by atoms with Crippen LogP contribution in [0.15, 0.2) is 51.4 Å². The van der Waals surface area contributed by atoms with E-state index in [1.165, 1.54) is 5.56 Å².